The summed E-state index contributed by atoms with van der Waals surface area (Å²) in [5.41, 5.74) is 9.55. The first-order valence-corrected chi connectivity index (χ1v) is 16.2. The molecule has 0 saturated carbocycles. The first-order valence-electron chi connectivity index (χ1n) is 16.2. The van der Waals surface area contributed by atoms with Crippen LogP contribution in [0, 0.1) is 0 Å². The summed E-state index contributed by atoms with van der Waals surface area (Å²) in [6.07, 6.45) is 3.41. The highest BCUT2D eigenvalue weighted by Gasteiger charge is 2.35. The van der Waals surface area contributed by atoms with Crippen LogP contribution in [0.4, 0.5) is 0 Å². The van der Waals surface area contributed by atoms with Crippen LogP contribution in [0.1, 0.15) is 43.9 Å². The molecular formula is C40H48N4O3. The van der Waals surface area contributed by atoms with Crippen molar-refractivity contribution in [1.29, 1.82) is 0 Å². The Morgan fingerprint density at radius 2 is 1.32 bits per heavy atom. The zero-order valence-electron chi connectivity index (χ0n) is 28.3. The molecule has 7 heteroatoms. The van der Waals surface area contributed by atoms with Crippen LogP contribution in [0.25, 0.3) is 10.8 Å². The van der Waals surface area contributed by atoms with Crippen molar-refractivity contribution in [3.8, 4) is 0 Å². The normalized spacial score (nSPS) is 13.1. The second-order valence-electron chi connectivity index (χ2n) is 13.2. The van der Waals surface area contributed by atoms with Gasteiger partial charge in [0.15, 0.2) is 0 Å². The van der Waals surface area contributed by atoms with Gasteiger partial charge in [-0.25, -0.2) is 0 Å². The van der Waals surface area contributed by atoms with Crippen molar-refractivity contribution < 1.29 is 14.4 Å². The van der Waals surface area contributed by atoms with E-state index >= 15 is 0 Å². The topological polar surface area (TPSA) is 95.7 Å². The fraction of sp³-hybridized carbons (Fsp3) is 0.325. The second kappa shape index (κ2) is 16.2. The van der Waals surface area contributed by atoms with Gasteiger partial charge in [0.05, 0.1) is 0 Å². The Hall–Kier alpha value is -4.75. The quantitative estimate of drug-likeness (QED) is 0.174. The molecule has 3 amide bonds. The molecule has 47 heavy (non-hydrogen) atoms. The molecule has 4 rings (SSSR count). The van der Waals surface area contributed by atoms with Crippen molar-refractivity contribution in [1.82, 2.24) is 15.1 Å². The number of hydrogen-bond acceptors (Lipinski definition) is 4. The molecule has 0 bridgehead atoms. The minimum atomic E-state index is -0.848. The Balaban J connectivity index is 1.63. The van der Waals surface area contributed by atoms with Crippen LogP contribution < -0.4 is 11.1 Å². The number of rotatable bonds is 14. The minimum absolute atomic E-state index is 0.236. The van der Waals surface area contributed by atoms with E-state index in [-0.39, 0.29) is 17.7 Å². The highest BCUT2D eigenvalue weighted by Crippen LogP contribution is 2.21. The predicted octanol–water partition coefficient (Wildman–Crippen LogP) is 5.71. The average Bonchev–Trinajstić information content (AvgIpc) is 3.05. The van der Waals surface area contributed by atoms with Crippen molar-refractivity contribution in [2.75, 3.05) is 20.6 Å². The molecule has 0 aliphatic carbocycles. The molecule has 246 valence electrons. The summed E-state index contributed by atoms with van der Waals surface area (Å²) in [5.74, 6) is -0.829. The van der Waals surface area contributed by atoms with Crippen LogP contribution in [0.5, 0.6) is 0 Å². The van der Waals surface area contributed by atoms with Gasteiger partial charge in [-0.2, -0.15) is 0 Å². The lowest BCUT2D eigenvalue weighted by atomic mass is 9.96. The molecule has 0 fully saturated rings. The number of carbonyl (C=O) groups excluding carboxylic acids is 3. The summed E-state index contributed by atoms with van der Waals surface area (Å²) in [5, 5.41) is 5.21. The summed E-state index contributed by atoms with van der Waals surface area (Å²) in [6.45, 7) is 6.15. The standard InChI is InChI=1S/C40H48N4O3/c1-29(28-40(2,3)41)24-37(45)43(4)36(27-32-20-21-33-18-12-13-19-34(33)25-32)39(47)44(5)35(26-31-16-10-7-11-17-31)38(46)42-23-22-30-14-8-6-9-15-30/h6-21,24-25,35-36H,22-23,26-28,41H2,1-5H3,(H,42,46)/b29-24+. The van der Waals surface area contributed by atoms with Crippen LogP contribution in [0.2, 0.25) is 0 Å². The molecule has 7 nitrogen and oxygen atoms in total. The van der Waals surface area contributed by atoms with Gasteiger partial charge in [0.1, 0.15) is 12.1 Å². The zero-order valence-corrected chi connectivity index (χ0v) is 28.3. The molecule has 0 spiro atoms. The zero-order chi connectivity index (χ0) is 34.0. The number of amides is 3. The van der Waals surface area contributed by atoms with Crippen LogP contribution in [-0.2, 0) is 33.6 Å². The first kappa shape index (κ1) is 35.1. The number of hydrogen-bond donors (Lipinski definition) is 2. The summed E-state index contributed by atoms with van der Waals surface area (Å²) in [7, 11) is 3.32. The van der Waals surface area contributed by atoms with E-state index in [4.69, 9.17) is 5.73 Å². The highest BCUT2D eigenvalue weighted by molar-refractivity contribution is 5.95. The molecule has 4 aromatic rings. The Kier molecular flexibility index (Phi) is 12.1. The van der Waals surface area contributed by atoms with E-state index in [1.807, 2.05) is 118 Å². The van der Waals surface area contributed by atoms with Gasteiger partial charge in [0.2, 0.25) is 17.7 Å². The fourth-order valence-corrected chi connectivity index (χ4v) is 5.94. The third-order valence-corrected chi connectivity index (χ3v) is 8.39. The summed E-state index contributed by atoms with van der Waals surface area (Å²) < 4.78 is 0. The van der Waals surface area contributed by atoms with Crippen molar-refractivity contribution in [3.63, 3.8) is 0 Å². The smallest absolute Gasteiger partial charge is 0.246 e. The lowest BCUT2D eigenvalue weighted by molar-refractivity contribution is -0.146. The van der Waals surface area contributed by atoms with Gasteiger partial charge in [-0.15, -0.1) is 0 Å². The van der Waals surface area contributed by atoms with E-state index in [0.717, 1.165) is 33.0 Å². The van der Waals surface area contributed by atoms with Gasteiger partial charge in [0, 0.05) is 45.1 Å². The number of nitrogens with one attached hydrogen (secondary N) is 1. The summed E-state index contributed by atoms with van der Waals surface area (Å²) in [6, 6.07) is 32.2. The van der Waals surface area contributed by atoms with Gasteiger partial charge in [-0.1, -0.05) is 109 Å². The molecule has 2 unspecified atom stereocenters. The molecule has 0 heterocycles. The van der Waals surface area contributed by atoms with Gasteiger partial charge >= 0.3 is 0 Å². The minimum Gasteiger partial charge on any atom is -0.354 e. The molecule has 3 N–H and O–H groups in total. The van der Waals surface area contributed by atoms with Gasteiger partial charge in [-0.3, -0.25) is 14.4 Å². The molecule has 4 aromatic carbocycles. The van der Waals surface area contributed by atoms with E-state index in [1.54, 1.807) is 20.2 Å². The predicted molar refractivity (Wildman–Crippen MR) is 191 cm³/mol. The number of nitrogens with two attached hydrogens (primary N) is 1. The largest absolute Gasteiger partial charge is 0.354 e. The van der Waals surface area contributed by atoms with Crippen LogP contribution in [0.15, 0.2) is 115 Å². The van der Waals surface area contributed by atoms with E-state index < -0.39 is 17.6 Å². The maximum Gasteiger partial charge on any atom is 0.246 e. The number of nitrogens with zero attached hydrogens (tertiary/aromatic N) is 2. The molecule has 0 saturated heterocycles. The Morgan fingerprint density at radius 3 is 1.96 bits per heavy atom. The maximum absolute atomic E-state index is 14.5. The average molecular weight is 633 g/mol. The van der Waals surface area contributed by atoms with Crippen LogP contribution in [-0.4, -0.2) is 65.8 Å². The van der Waals surface area contributed by atoms with E-state index in [2.05, 4.69) is 11.4 Å². The van der Waals surface area contributed by atoms with Gasteiger partial charge in [-0.05, 0) is 61.1 Å². The number of likely N-dealkylation sites (N-methyl/N-ethyl adjacent to an activating group) is 2. The van der Waals surface area contributed by atoms with Crippen molar-refractivity contribution >= 4 is 28.5 Å². The molecular weight excluding hydrogens is 584 g/mol. The van der Waals surface area contributed by atoms with Crippen molar-refractivity contribution in [2.45, 2.75) is 64.1 Å². The number of benzene rings is 4. The van der Waals surface area contributed by atoms with Gasteiger partial charge in [0.25, 0.3) is 0 Å². The molecule has 0 radical (unpaired) electrons. The van der Waals surface area contributed by atoms with Crippen molar-refractivity contribution in [3.05, 3.63) is 131 Å². The fourth-order valence-electron chi connectivity index (χ4n) is 5.94. The summed E-state index contributed by atoms with van der Waals surface area (Å²) >= 11 is 0. The molecule has 0 aliphatic heterocycles. The number of fused-ring (bicyclic) bond motifs is 1. The van der Waals surface area contributed by atoms with Crippen LogP contribution in [0.3, 0.4) is 0 Å². The Labute approximate surface area is 279 Å². The Morgan fingerprint density at radius 1 is 0.745 bits per heavy atom. The van der Waals surface area contributed by atoms with E-state index in [1.165, 1.54) is 9.80 Å². The number of carbonyl (C=O) groups is 3. The third kappa shape index (κ3) is 10.4. The van der Waals surface area contributed by atoms with E-state index in [0.29, 0.717) is 32.2 Å². The molecule has 2 atom stereocenters. The van der Waals surface area contributed by atoms with Crippen LogP contribution >= 0.6 is 0 Å². The van der Waals surface area contributed by atoms with E-state index in [9.17, 15) is 14.4 Å². The lowest BCUT2D eigenvalue weighted by Gasteiger charge is -2.34. The second-order valence-corrected chi connectivity index (χ2v) is 13.2. The summed E-state index contributed by atoms with van der Waals surface area (Å²) in [4.78, 5) is 44.9. The van der Waals surface area contributed by atoms with Crippen molar-refractivity contribution in [2.24, 2.45) is 5.73 Å². The maximum atomic E-state index is 14.5. The Bertz CT molecular complexity index is 1680. The third-order valence-electron chi connectivity index (χ3n) is 8.39. The van der Waals surface area contributed by atoms with Gasteiger partial charge < -0.3 is 20.9 Å². The molecule has 0 aliphatic rings. The SMILES string of the molecule is C/C(=C\C(=O)N(C)C(Cc1ccc2ccccc2c1)C(=O)N(C)C(Cc1ccccc1)C(=O)NCCc1ccccc1)CC(C)(C)N. The first-order chi connectivity index (χ1) is 22.4. The molecule has 0 aromatic heterocycles. The monoisotopic (exact) mass is 632 g/mol. The lowest BCUT2D eigenvalue weighted by Crippen LogP contribution is -2.56. The highest BCUT2D eigenvalue weighted by atomic mass is 16.2.